The molecule has 0 aliphatic rings. The standard InChI is InChI=1S/C11H16N4O/c1-3-4-5-6-8(2)14-11(16)10-9(12)7-13-15-10/h4-7H,3,12H2,1-2H3,(H,13,15)(H,14,16)/b5-4-,8-6+. The molecule has 1 rings (SSSR count). The Morgan fingerprint density at radius 3 is 3.00 bits per heavy atom. The minimum Gasteiger partial charge on any atom is -0.396 e. The van der Waals surface area contributed by atoms with Crippen molar-refractivity contribution in [3.05, 3.63) is 35.8 Å². The van der Waals surface area contributed by atoms with Crippen molar-refractivity contribution in [1.82, 2.24) is 15.5 Å². The van der Waals surface area contributed by atoms with Gasteiger partial charge >= 0.3 is 0 Å². The molecule has 5 nitrogen and oxygen atoms in total. The summed E-state index contributed by atoms with van der Waals surface area (Å²) in [6.45, 7) is 3.86. The predicted octanol–water partition coefficient (Wildman–Crippen LogP) is 1.59. The van der Waals surface area contributed by atoms with Crippen LogP contribution >= 0.6 is 0 Å². The van der Waals surface area contributed by atoms with Gasteiger partial charge in [-0.25, -0.2) is 0 Å². The van der Waals surface area contributed by atoms with Crippen molar-refractivity contribution in [1.29, 1.82) is 0 Å². The average molecular weight is 220 g/mol. The van der Waals surface area contributed by atoms with Gasteiger partial charge in [0.2, 0.25) is 0 Å². The van der Waals surface area contributed by atoms with Crippen molar-refractivity contribution in [3.8, 4) is 0 Å². The molecule has 0 aliphatic carbocycles. The van der Waals surface area contributed by atoms with Crippen LogP contribution in [0.15, 0.2) is 30.1 Å². The highest BCUT2D eigenvalue weighted by Gasteiger charge is 2.10. The van der Waals surface area contributed by atoms with E-state index in [1.54, 1.807) is 0 Å². The number of carbonyl (C=O) groups is 1. The lowest BCUT2D eigenvalue weighted by Gasteiger charge is -2.02. The van der Waals surface area contributed by atoms with Gasteiger partial charge in [-0.05, 0) is 19.4 Å². The van der Waals surface area contributed by atoms with Crippen LogP contribution in [0, 0.1) is 0 Å². The van der Waals surface area contributed by atoms with Crippen molar-refractivity contribution < 1.29 is 4.79 Å². The molecular weight excluding hydrogens is 204 g/mol. The molecule has 1 aromatic heterocycles. The van der Waals surface area contributed by atoms with E-state index in [-0.39, 0.29) is 11.6 Å². The molecule has 0 bridgehead atoms. The number of H-pyrrole nitrogens is 1. The molecule has 0 aromatic carbocycles. The first-order valence-corrected chi connectivity index (χ1v) is 5.08. The Bertz CT molecular complexity index is 417. The van der Waals surface area contributed by atoms with Crippen LogP contribution in [0.1, 0.15) is 30.8 Å². The number of nitrogens with zero attached hydrogens (tertiary/aromatic N) is 1. The van der Waals surface area contributed by atoms with Crippen molar-refractivity contribution >= 4 is 11.6 Å². The first-order chi connectivity index (χ1) is 7.65. The minimum absolute atomic E-state index is 0.284. The summed E-state index contributed by atoms with van der Waals surface area (Å²) < 4.78 is 0. The second-order valence-corrected chi connectivity index (χ2v) is 3.34. The minimum atomic E-state index is -0.284. The van der Waals surface area contributed by atoms with Crippen LogP contribution in [0.4, 0.5) is 5.69 Å². The zero-order chi connectivity index (χ0) is 12.0. The van der Waals surface area contributed by atoms with Gasteiger partial charge in [-0.3, -0.25) is 9.89 Å². The van der Waals surface area contributed by atoms with Crippen LogP contribution in [0.2, 0.25) is 0 Å². The van der Waals surface area contributed by atoms with E-state index >= 15 is 0 Å². The van der Waals surface area contributed by atoms with Crippen LogP contribution in [-0.2, 0) is 0 Å². The fourth-order valence-electron chi connectivity index (χ4n) is 1.11. The molecule has 0 radical (unpaired) electrons. The van der Waals surface area contributed by atoms with Gasteiger partial charge in [-0.15, -0.1) is 0 Å². The van der Waals surface area contributed by atoms with Gasteiger partial charge in [-0.1, -0.05) is 19.1 Å². The normalized spacial score (nSPS) is 12.0. The maximum Gasteiger partial charge on any atom is 0.275 e. The van der Waals surface area contributed by atoms with E-state index in [2.05, 4.69) is 15.5 Å². The predicted molar refractivity (Wildman–Crippen MR) is 63.7 cm³/mol. The Kier molecular flexibility index (Phi) is 4.32. The fourth-order valence-corrected chi connectivity index (χ4v) is 1.11. The molecule has 0 atom stereocenters. The van der Waals surface area contributed by atoms with Crippen molar-refractivity contribution in [2.24, 2.45) is 0 Å². The number of hydrogen-bond donors (Lipinski definition) is 3. The second kappa shape index (κ2) is 5.75. The number of rotatable bonds is 4. The third-order valence-electron chi connectivity index (χ3n) is 1.92. The summed E-state index contributed by atoms with van der Waals surface area (Å²) in [6.07, 6.45) is 8.09. The molecule has 0 saturated carbocycles. The lowest BCUT2D eigenvalue weighted by molar-refractivity contribution is 0.0962. The molecule has 0 aliphatic heterocycles. The molecule has 5 heteroatoms. The SMILES string of the molecule is CC/C=C\C=C(/C)NC(=O)c1[nH]ncc1N. The summed E-state index contributed by atoms with van der Waals surface area (Å²) in [5.74, 6) is -0.284. The van der Waals surface area contributed by atoms with E-state index in [0.29, 0.717) is 5.69 Å². The Morgan fingerprint density at radius 1 is 1.69 bits per heavy atom. The molecule has 1 heterocycles. The van der Waals surface area contributed by atoms with Crippen LogP contribution < -0.4 is 11.1 Å². The number of carbonyl (C=O) groups excluding carboxylic acids is 1. The van der Waals surface area contributed by atoms with Gasteiger partial charge in [0, 0.05) is 5.70 Å². The maximum absolute atomic E-state index is 11.6. The molecule has 0 unspecified atom stereocenters. The van der Waals surface area contributed by atoms with Gasteiger partial charge in [-0.2, -0.15) is 5.10 Å². The van der Waals surface area contributed by atoms with E-state index in [1.807, 2.05) is 32.1 Å². The molecule has 4 N–H and O–H groups in total. The number of aromatic amines is 1. The third kappa shape index (κ3) is 3.27. The third-order valence-corrected chi connectivity index (χ3v) is 1.92. The summed E-state index contributed by atoms with van der Waals surface area (Å²) in [5, 5.41) is 8.93. The van der Waals surface area contributed by atoms with E-state index in [1.165, 1.54) is 6.20 Å². The zero-order valence-corrected chi connectivity index (χ0v) is 9.45. The monoisotopic (exact) mass is 220 g/mol. The topological polar surface area (TPSA) is 83.8 Å². The Morgan fingerprint density at radius 2 is 2.44 bits per heavy atom. The number of amides is 1. The number of anilines is 1. The second-order valence-electron chi connectivity index (χ2n) is 3.34. The highest BCUT2D eigenvalue weighted by atomic mass is 16.2. The highest BCUT2D eigenvalue weighted by Crippen LogP contribution is 2.06. The van der Waals surface area contributed by atoms with Crippen LogP contribution in [0.3, 0.4) is 0 Å². The highest BCUT2D eigenvalue weighted by molar-refractivity contribution is 5.97. The number of nitrogen functional groups attached to an aromatic ring is 1. The van der Waals surface area contributed by atoms with Gasteiger partial charge in [0.05, 0.1) is 11.9 Å². The first-order valence-electron chi connectivity index (χ1n) is 5.08. The fraction of sp³-hybridized carbons (Fsp3) is 0.273. The molecule has 0 fully saturated rings. The molecule has 0 saturated heterocycles. The summed E-state index contributed by atoms with van der Waals surface area (Å²) in [6, 6.07) is 0. The van der Waals surface area contributed by atoms with Gasteiger partial charge < -0.3 is 11.1 Å². The number of allylic oxidation sites excluding steroid dienone is 4. The molecule has 0 spiro atoms. The molecule has 1 amide bonds. The molecule has 86 valence electrons. The number of nitrogens with two attached hydrogens (primary N) is 1. The van der Waals surface area contributed by atoms with Crippen LogP contribution in [-0.4, -0.2) is 16.1 Å². The summed E-state index contributed by atoms with van der Waals surface area (Å²) >= 11 is 0. The Hall–Kier alpha value is -2.04. The molecule has 16 heavy (non-hydrogen) atoms. The molecular formula is C11H16N4O. The van der Waals surface area contributed by atoms with E-state index in [0.717, 1.165) is 12.1 Å². The Labute approximate surface area is 94.4 Å². The smallest absolute Gasteiger partial charge is 0.275 e. The van der Waals surface area contributed by atoms with Crippen molar-refractivity contribution in [2.75, 3.05) is 5.73 Å². The maximum atomic E-state index is 11.6. The first kappa shape index (κ1) is 12.0. The number of nitrogens with one attached hydrogen (secondary N) is 2. The van der Waals surface area contributed by atoms with Gasteiger partial charge in [0.1, 0.15) is 5.69 Å². The number of aromatic nitrogens is 2. The average Bonchev–Trinajstić information content (AvgIpc) is 2.65. The van der Waals surface area contributed by atoms with Crippen molar-refractivity contribution in [3.63, 3.8) is 0 Å². The van der Waals surface area contributed by atoms with Crippen LogP contribution in [0.25, 0.3) is 0 Å². The van der Waals surface area contributed by atoms with E-state index in [9.17, 15) is 4.79 Å². The zero-order valence-electron chi connectivity index (χ0n) is 9.45. The summed E-state index contributed by atoms with van der Waals surface area (Å²) in [4.78, 5) is 11.6. The largest absolute Gasteiger partial charge is 0.396 e. The quantitative estimate of drug-likeness (QED) is 0.674. The lowest BCUT2D eigenvalue weighted by Crippen LogP contribution is -2.22. The summed E-state index contributed by atoms with van der Waals surface area (Å²) in [5.41, 5.74) is 6.93. The Balaban J connectivity index is 2.62. The summed E-state index contributed by atoms with van der Waals surface area (Å²) in [7, 11) is 0. The number of hydrogen-bond acceptors (Lipinski definition) is 3. The van der Waals surface area contributed by atoms with Crippen molar-refractivity contribution in [2.45, 2.75) is 20.3 Å². The van der Waals surface area contributed by atoms with E-state index < -0.39 is 0 Å². The van der Waals surface area contributed by atoms with Crippen LogP contribution in [0.5, 0.6) is 0 Å². The van der Waals surface area contributed by atoms with Gasteiger partial charge in [0.25, 0.3) is 5.91 Å². The molecule has 1 aromatic rings. The lowest BCUT2D eigenvalue weighted by atomic mass is 10.3. The van der Waals surface area contributed by atoms with Gasteiger partial charge in [0.15, 0.2) is 0 Å². The van der Waals surface area contributed by atoms with E-state index in [4.69, 9.17) is 5.73 Å².